The third-order valence-corrected chi connectivity index (χ3v) is 3.19. The highest BCUT2D eigenvalue weighted by Crippen LogP contribution is 2.13. The van der Waals surface area contributed by atoms with Gasteiger partial charge in [0.1, 0.15) is 5.75 Å². The standard InChI is InChI=1S/C16H23NO4/c1-12-6-4-7-14(10-12)21-9-5-8-15(18)17(3)11-13(2)16(19)20/h4,6-7,10,13H,5,8-9,11H2,1-3H3,(H,19,20). The highest BCUT2D eigenvalue weighted by atomic mass is 16.5. The van der Waals surface area contributed by atoms with Gasteiger partial charge in [0.25, 0.3) is 0 Å². The first-order valence-electron chi connectivity index (χ1n) is 7.06. The van der Waals surface area contributed by atoms with Crippen molar-refractivity contribution in [2.24, 2.45) is 5.92 Å². The molecule has 0 fully saturated rings. The van der Waals surface area contributed by atoms with Crippen LogP contribution < -0.4 is 4.74 Å². The Hall–Kier alpha value is -2.04. The lowest BCUT2D eigenvalue weighted by Gasteiger charge is -2.19. The summed E-state index contributed by atoms with van der Waals surface area (Å²) in [5.41, 5.74) is 1.13. The first-order valence-corrected chi connectivity index (χ1v) is 7.06. The van der Waals surface area contributed by atoms with Gasteiger partial charge in [-0.2, -0.15) is 0 Å². The summed E-state index contributed by atoms with van der Waals surface area (Å²) in [6.45, 7) is 4.28. The van der Waals surface area contributed by atoms with Crippen LogP contribution >= 0.6 is 0 Å². The van der Waals surface area contributed by atoms with E-state index in [9.17, 15) is 9.59 Å². The molecule has 1 aromatic rings. The Morgan fingerprint density at radius 1 is 1.38 bits per heavy atom. The minimum Gasteiger partial charge on any atom is -0.494 e. The van der Waals surface area contributed by atoms with E-state index in [1.807, 2.05) is 31.2 Å². The molecule has 5 nitrogen and oxygen atoms in total. The molecule has 0 heterocycles. The maximum Gasteiger partial charge on any atom is 0.308 e. The predicted molar refractivity (Wildman–Crippen MR) is 80.3 cm³/mol. The van der Waals surface area contributed by atoms with E-state index >= 15 is 0 Å². The van der Waals surface area contributed by atoms with E-state index in [4.69, 9.17) is 9.84 Å². The van der Waals surface area contributed by atoms with E-state index in [-0.39, 0.29) is 12.5 Å². The molecular weight excluding hydrogens is 270 g/mol. The molecule has 0 bridgehead atoms. The number of nitrogens with zero attached hydrogens (tertiary/aromatic N) is 1. The Bertz CT molecular complexity index is 487. The molecule has 0 spiro atoms. The summed E-state index contributed by atoms with van der Waals surface area (Å²) in [5, 5.41) is 8.82. The Kier molecular flexibility index (Phi) is 6.72. The van der Waals surface area contributed by atoms with Crippen molar-refractivity contribution < 1.29 is 19.4 Å². The molecule has 0 aliphatic carbocycles. The molecule has 1 N–H and O–H groups in total. The van der Waals surface area contributed by atoms with Crippen molar-refractivity contribution in [3.05, 3.63) is 29.8 Å². The monoisotopic (exact) mass is 293 g/mol. The molecule has 0 aliphatic rings. The zero-order valence-corrected chi connectivity index (χ0v) is 12.8. The normalized spacial score (nSPS) is 11.8. The summed E-state index contributed by atoms with van der Waals surface area (Å²) in [4.78, 5) is 24.1. The van der Waals surface area contributed by atoms with Crippen molar-refractivity contribution in [3.63, 3.8) is 0 Å². The van der Waals surface area contributed by atoms with Crippen LogP contribution in [0.4, 0.5) is 0 Å². The molecule has 21 heavy (non-hydrogen) atoms. The molecule has 1 aromatic carbocycles. The van der Waals surface area contributed by atoms with Gasteiger partial charge in [0.2, 0.25) is 5.91 Å². The van der Waals surface area contributed by atoms with Crippen LogP contribution in [0, 0.1) is 12.8 Å². The third kappa shape index (κ3) is 6.29. The van der Waals surface area contributed by atoms with Crippen LogP contribution in [0.5, 0.6) is 5.75 Å². The predicted octanol–water partition coefficient (Wildman–Crippen LogP) is 2.33. The average Bonchev–Trinajstić information content (AvgIpc) is 2.43. The van der Waals surface area contributed by atoms with E-state index < -0.39 is 11.9 Å². The maximum atomic E-state index is 11.8. The summed E-state index contributed by atoms with van der Waals surface area (Å²) in [6.07, 6.45) is 0.965. The molecule has 1 atom stereocenters. The second-order valence-electron chi connectivity index (χ2n) is 5.28. The van der Waals surface area contributed by atoms with Crippen LogP contribution in [0.25, 0.3) is 0 Å². The quantitative estimate of drug-likeness (QED) is 0.747. The average molecular weight is 293 g/mol. The number of hydrogen-bond donors (Lipinski definition) is 1. The molecule has 5 heteroatoms. The van der Waals surface area contributed by atoms with Crippen molar-refractivity contribution in [3.8, 4) is 5.75 Å². The minimum absolute atomic E-state index is 0.0593. The minimum atomic E-state index is -0.891. The van der Waals surface area contributed by atoms with Gasteiger partial charge < -0.3 is 14.7 Å². The van der Waals surface area contributed by atoms with Crippen LogP contribution in [-0.4, -0.2) is 42.1 Å². The lowest BCUT2D eigenvalue weighted by atomic mass is 10.1. The van der Waals surface area contributed by atoms with Crippen LogP contribution in [0.3, 0.4) is 0 Å². The summed E-state index contributed by atoms with van der Waals surface area (Å²) in [7, 11) is 1.63. The smallest absolute Gasteiger partial charge is 0.308 e. The number of carboxylic acids is 1. The van der Waals surface area contributed by atoms with Crippen molar-refractivity contribution in [1.82, 2.24) is 4.90 Å². The number of carboxylic acid groups (broad SMARTS) is 1. The fraction of sp³-hybridized carbons (Fsp3) is 0.500. The van der Waals surface area contributed by atoms with Gasteiger partial charge in [0.05, 0.1) is 12.5 Å². The Morgan fingerprint density at radius 3 is 2.71 bits per heavy atom. The van der Waals surface area contributed by atoms with Gasteiger partial charge in [-0.15, -0.1) is 0 Å². The summed E-state index contributed by atoms with van der Waals surface area (Å²) in [6, 6.07) is 7.75. The number of aliphatic carboxylic acids is 1. The molecule has 0 saturated heterocycles. The van der Waals surface area contributed by atoms with E-state index in [1.165, 1.54) is 4.90 Å². The van der Waals surface area contributed by atoms with Gasteiger partial charge in [0.15, 0.2) is 0 Å². The van der Waals surface area contributed by atoms with Crippen molar-refractivity contribution in [2.45, 2.75) is 26.7 Å². The SMILES string of the molecule is Cc1cccc(OCCCC(=O)N(C)CC(C)C(=O)O)c1. The lowest BCUT2D eigenvalue weighted by Crippen LogP contribution is -2.33. The van der Waals surface area contributed by atoms with Crippen molar-refractivity contribution >= 4 is 11.9 Å². The number of ether oxygens (including phenoxy) is 1. The third-order valence-electron chi connectivity index (χ3n) is 3.19. The Labute approximate surface area is 125 Å². The van der Waals surface area contributed by atoms with Gasteiger partial charge in [-0.3, -0.25) is 9.59 Å². The van der Waals surface area contributed by atoms with E-state index in [2.05, 4.69) is 0 Å². The number of benzene rings is 1. The first kappa shape index (κ1) is 17.0. The van der Waals surface area contributed by atoms with Crippen molar-refractivity contribution in [1.29, 1.82) is 0 Å². The van der Waals surface area contributed by atoms with Gasteiger partial charge in [-0.1, -0.05) is 19.1 Å². The molecule has 116 valence electrons. The summed E-state index contributed by atoms with van der Waals surface area (Å²) < 4.78 is 5.57. The van der Waals surface area contributed by atoms with Gasteiger partial charge in [-0.05, 0) is 31.0 Å². The molecule has 0 saturated carbocycles. The topological polar surface area (TPSA) is 66.8 Å². The number of carbonyl (C=O) groups is 2. The number of aryl methyl sites for hydroxylation is 1. The first-order chi connectivity index (χ1) is 9.90. The molecule has 0 aromatic heterocycles. The van der Waals surface area contributed by atoms with Crippen LogP contribution in [-0.2, 0) is 9.59 Å². The van der Waals surface area contributed by atoms with Crippen LogP contribution in [0.15, 0.2) is 24.3 Å². The number of hydrogen-bond acceptors (Lipinski definition) is 3. The number of amides is 1. The van der Waals surface area contributed by atoms with Crippen LogP contribution in [0.2, 0.25) is 0 Å². The van der Waals surface area contributed by atoms with E-state index in [1.54, 1.807) is 14.0 Å². The lowest BCUT2D eigenvalue weighted by molar-refractivity contribution is -0.142. The number of carbonyl (C=O) groups excluding carboxylic acids is 1. The summed E-state index contributed by atoms with van der Waals surface area (Å²) >= 11 is 0. The second kappa shape index (κ2) is 8.29. The zero-order valence-electron chi connectivity index (χ0n) is 12.8. The van der Waals surface area contributed by atoms with Gasteiger partial charge in [-0.25, -0.2) is 0 Å². The molecule has 1 amide bonds. The molecular formula is C16H23NO4. The highest BCUT2D eigenvalue weighted by Gasteiger charge is 2.16. The molecule has 0 aliphatic heterocycles. The highest BCUT2D eigenvalue weighted by molar-refractivity contribution is 5.77. The van der Waals surface area contributed by atoms with E-state index in [0.29, 0.717) is 19.4 Å². The summed E-state index contributed by atoms with van der Waals surface area (Å²) in [5.74, 6) is -0.703. The maximum absolute atomic E-state index is 11.8. The Morgan fingerprint density at radius 2 is 2.10 bits per heavy atom. The fourth-order valence-electron chi connectivity index (χ4n) is 1.90. The van der Waals surface area contributed by atoms with Gasteiger partial charge in [0, 0.05) is 20.0 Å². The van der Waals surface area contributed by atoms with E-state index in [0.717, 1.165) is 11.3 Å². The fourth-order valence-corrected chi connectivity index (χ4v) is 1.90. The molecule has 1 unspecified atom stereocenters. The number of rotatable bonds is 8. The van der Waals surface area contributed by atoms with Crippen LogP contribution in [0.1, 0.15) is 25.3 Å². The second-order valence-corrected chi connectivity index (χ2v) is 5.28. The molecule has 0 radical (unpaired) electrons. The van der Waals surface area contributed by atoms with Gasteiger partial charge >= 0.3 is 5.97 Å². The largest absolute Gasteiger partial charge is 0.494 e. The zero-order chi connectivity index (χ0) is 15.8. The molecule has 1 rings (SSSR count). The van der Waals surface area contributed by atoms with Crippen molar-refractivity contribution in [2.75, 3.05) is 20.2 Å². The Balaban J connectivity index is 2.25.